The summed E-state index contributed by atoms with van der Waals surface area (Å²) in [6, 6.07) is 0. The van der Waals surface area contributed by atoms with Gasteiger partial charge in [0.1, 0.15) is 6.61 Å². The van der Waals surface area contributed by atoms with E-state index in [1.54, 1.807) is 0 Å². The van der Waals surface area contributed by atoms with Crippen molar-refractivity contribution in [1.29, 1.82) is 0 Å². The number of ether oxygens (including phenoxy) is 1. The average molecular weight is 296 g/mol. The van der Waals surface area contributed by atoms with Gasteiger partial charge in [0, 0.05) is 6.61 Å². The molecule has 2 fully saturated rings. The minimum Gasteiger partial charge on any atom is -0.393 e. The molecule has 2 rings (SSSR count). The Morgan fingerprint density at radius 3 is 2.75 bits per heavy atom. The first kappa shape index (κ1) is 15.0. The lowest BCUT2D eigenvalue weighted by Crippen LogP contribution is -2.50. The van der Waals surface area contributed by atoms with E-state index in [0.29, 0.717) is 18.9 Å². The lowest BCUT2D eigenvalue weighted by Gasteiger charge is -2.30. The Hall–Kier alpha value is -1.35. The first-order valence-corrected chi connectivity index (χ1v) is 6.28. The van der Waals surface area contributed by atoms with Gasteiger partial charge in [-0.3, -0.25) is 0 Å². The zero-order valence-corrected chi connectivity index (χ0v) is 10.7. The molecule has 0 aliphatic carbocycles. The van der Waals surface area contributed by atoms with Crippen molar-refractivity contribution in [2.45, 2.75) is 31.5 Å². The molecule has 2 aliphatic heterocycles. The Labute approximate surface area is 113 Å². The van der Waals surface area contributed by atoms with Crippen molar-refractivity contribution in [3.63, 3.8) is 0 Å². The van der Waals surface area contributed by atoms with Gasteiger partial charge in [0.2, 0.25) is 0 Å². The van der Waals surface area contributed by atoms with Gasteiger partial charge >= 0.3 is 12.1 Å². The molecular weight excluding hydrogens is 281 g/mol. The molecule has 6 nitrogen and oxygen atoms in total. The van der Waals surface area contributed by atoms with Crippen molar-refractivity contribution < 1.29 is 32.4 Å². The molecule has 0 bridgehead atoms. The Morgan fingerprint density at radius 2 is 2.15 bits per heavy atom. The Bertz CT molecular complexity index is 372. The third kappa shape index (κ3) is 4.34. The highest BCUT2D eigenvalue weighted by Gasteiger charge is 2.44. The van der Waals surface area contributed by atoms with Crippen LogP contribution in [0.3, 0.4) is 0 Å². The number of nitrogens with zero attached hydrogens (tertiary/aromatic N) is 2. The van der Waals surface area contributed by atoms with Crippen LogP contribution in [0.4, 0.5) is 13.2 Å². The minimum atomic E-state index is -4.98. The maximum atomic E-state index is 11.9. The number of oxime groups is 1. The van der Waals surface area contributed by atoms with Gasteiger partial charge in [-0.1, -0.05) is 5.16 Å². The van der Waals surface area contributed by atoms with Gasteiger partial charge in [-0.05, 0) is 19.3 Å². The summed E-state index contributed by atoms with van der Waals surface area (Å²) in [7, 11) is 0. The molecule has 2 heterocycles. The summed E-state index contributed by atoms with van der Waals surface area (Å²) in [5.41, 5.74) is 0.524. The SMILES string of the molecule is O=C(ON1CC(=NOC[C@H]2CCCCO2)C1)C(F)(F)F. The summed E-state index contributed by atoms with van der Waals surface area (Å²) in [5, 5.41) is 4.64. The fraction of sp³-hybridized carbons (Fsp3) is 0.818. The van der Waals surface area contributed by atoms with Gasteiger partial charge in [0.25, 0.3) is 0 Å². The molecule has 0 saturated carbocycles. The first-order valence-electron chi connectivity index (χ1n) is 6.28. The fourth-order valence-corrected chi connectivity index (χ4v) is 1.80. The summed E-state index contributed by atoms with van der Waals surface area (Å²) in [4.78, 5) is 19.7. The van der Waals surface area contributed by atoms with E-state index in [4.69, 9.17) is 9.57 Å². The van der Waals surface area contributed by atoms with E-state index in [2.05, 4.69) is 9.99 Å². The summed E-state index contributed by atoms with van der Waals surface area (Å²) in [5.74, 6) is -2.23. The largest absolute Gasteiger partial charge is 0.492 e. The maximum absolute atomic E-state index is 11.9. The van der Waals surface area contributed by atoms with E-state index in [-0.39, 0.29) is 19.2 Å². The second-order valence-corrected chi connectivity index (χ2v) is 4.62. The van der Waals surface area contributed by atoms with Gasteiger partial charge in [0.05, 0.1) is 24.9 Å². The predicted octanol–water partition coefficient (Wildman–Crippen LogP) is 1.26. The van der Waals surface area contributed by atoms with Crippen molar-refractivity contribution in [2.75, 3.05) is 26.3 Å². The van der Waals surface area contributed by atoms with E-state index >= 15 is 0 Å². The highest BCUT2D eigenvalue weighted by Crippen LogP contribution is 2.19. The van der Waals surface area contributed by atoms with Crippen LogP contribution in [0.15, 0.2) is 5.16 Å². The van der Waals surface area contributed by atoms with E-state index in [1.807, 2.05) is 0 Å². The molecule has 20 heavy (non-hydrogen) atoms. The first-order chi connectivity index (χ1) is 9.45. The molecule has 0 N–H and O–H groups in total. The van der Waals surface area contributed by atoms with Crippen molar-refractivity contribution in [3.8, 4) is 0 Å². The van der Waals surface area contributed by atoms with Gasteiger partial charge < -0.3 is 14.4 Å². The number of carbonyl (C=O) groups excluding carboxylic acids is 1. The van der Waals surface area contributed by atoms with Gasteiger partial charge in [0.15, 0.2) is 0 Å². The maximum Gasteiger partial charge on any atom is 0.492 e. The standard InChI is InChI=1S/C11H15F3N2O4/c12-11(13,14)10(17)20-16-5-8(6-16)15-19-7-9-3-1-2-4-18-9/h9H,1-7H2/t9-/m1/s1. The molecule has 0 aromatic heterocycles. The van der Waals surface area contributed by atoms with Crippen LogP contribution in [0.2, 0.25) is 0 Å². The Kier molecular flexibility index (Phi) is 4.81. The van der Waals surface area contributed by atoms with E-state index < -0.39 is 12.1 Å². The van der Waals surface area contributed by atoms with Crippen molar-refractivity contribution in [3.05, 3.63) is 0 Å². The van der Waals surface area contributed by atoms with Crippen molar-refractivity contribution in [1.82, 2.24) is 5.06 Å². The smallest absolute Gasteiger partial charge is 0.393 e. The summed E-state index contributed by atoms with van der Waals surface area (Å²) in [6.45, 7) is 1.08. The highest BCUT2D eigenvalue weighted by atomic mass is 19.4. The van der Waals surface area contributed by atoms with Crippen molar-refractivity contribution >= 4 is 11.7 Å². The lowest BCUT2D eigenvalue weighted by molar-refractivity contribution is -0.238. The molecule has 0 unspecified atom stereocenters. The van der Waals surface area contributed by atoms with Crippen LogP contribution in [-0.2, 0) is 19.2 Å². The molecule has 0 amide bonds. The second-order valence-electron chi connectivity index (χ2n) is 4.62. The number of carbonyl (C=O) groups is 1. The molecule has 1 atom stereocenters. The minimum absolute atomic E-state index is 0.0207. The highest BCUT2D eigenvalue weighted by molar-refractivity contribution is 5.92. The predicted molar refractivity (Wildman–Crippen MR) is 60.7 cm³/mol. The molecule has 2 saturated heterocycles. The molecule has 9 heteroatoms. The molecule has 0 radical (unpaired) electrons. The normalized spacial score (nSPS) is 23.9. The van der Waals surface area contributed by atoms with Gasteiger partial charge in [-0.2, -0.15) is 13.2 Å². The van der Waals surface area contributed by atoms with E-state index in [0.717, 1.165) is 24.3 Å². The fourth-order valence-electron chi connectivity index (χ4n) is 1.80. The lowest BCUT2D eigenvalue weighted by atomic mass is 10.1. The number of alkyl halides is 3. The molecule has 2 aliphatic rings. The molecule has 0 aromatic rings. The molecule has 114 valence electrons. The molecule has 0 aromatic carbocycles. The van der Waals surface area contributed by atoms with E-state index in [9.17, 15) is 18.0 Å². The number of halogens is 3. The van der Waals surface area contributed by atoms with Crippen molar-refractivity contribution in [2.24, 2.45) is 5.16 Å². The van der Waals surface area contributed by atoms with Gasteiger partial charge in [-0.15, -0.1) is 5.06 Å². The number of hydroxylamine groups is 2. The molecule has 0 spiro atoms. The van der Waals surface area contributed by atoms with E-state index in [1.165, 1.54) is 0 Å². The number of rotatable bonds is 4. The average Bonchev–Trinajstić information content (AvgIpc) is 2.35. The van der Waals surface area contributed by atoms with Crippen LogP contribution >= 0.6 is 0 Å². The third-order valence-corrected chi connectivity index (χ3v) is 2.89. The number of hydrogen-bond acceptors (Lipinski definition) is 6. The summed E-state index contributed by atoms with van der Waals surface area (Å²) < 4.78 is 41.1. The topological polar surface area (TPSA) is 60.4 Å². The quantitative estimate of drug-likeness (QED) is 0.731. The zero-order chi connectivity index (χ0) is 14.6. The number of hydrogen-bond donors (Lipinski definition) is 0. The van der Waals surface area contributed by atoms with Crippen LogP contribution in [-0.4, -0.2) is 55.3 Å². The zero-order valence-electron chi connectivity index (χ0n) is 10.7. The monoisotopic (exact) mass is 296 g/mol. The molecular formula is C11H15F3N2O4. The second kappa shape index (κ2) is 6.40. The third-order valence-electron chi connectivity index (χ3n) is 2.89. The van der Waals surface area contributed by atoms with Crippen LogP contribution in [0, 0.1) is 0 Å². The Morgan fingerprint density at radius 1 is 1.40 bits per heavy atom. The summed E-state index contributed by atoms with van der Waals surface area (Å²) in [6.07, 6.45) is -1.91. The Balaban J connectivity index is 1.61. The van der Waals surface area contributed by atoms with Crippen LogP contribution < -0.4 is 0 Å². The van der Waals surface area contributed by atoms with Crippen LogP contribution in [0.25, 0.3) is 0 Å². The summed E-state index contributed by atoms with van der Waals surface area (Å²) >= 11 is 0. The van der Waals surface area contributed by atoms with Crippen LogP contribution in [0.1, 0.15) is 19.3 Å². The van der Waals surface area contributed by atoms with Crippen LogP contribution in [0.5, 0.6) is 0 Å². The van der Waals surface area contributed by atoms with Gasteiger partial charge in [-0.25, -0.2) is 4.79 Å².